The van der Waals surface area contributed by atoms with Crippen LogP contribution in [-0.4, -0.2) is 18.9 Å². The van der Waals surface area contributed by atoms with Crippen LogP contribution in [0.2, 0.25) is 0 Å². The van der Waals surface area contributed by atoms with E-state index in [1.54, 1.807) is 0 Å². The third-order valence-electron chi connectivity index (χ3n) is 3.66. The summed E-state index contributed by atoms with van der Waals surface area (Å²) < 4.78 is 26.1. The molecular weight excluding hydrogens is 262 g/mol. The molecule has 1 aromatic carbocycles. The predicted molar refractivity (Wildman–Crippen MR) is 74.7 cm³/mol. The molecule has 0 saturated heterocycles. The van der Waals surface area contributed by atoms with Gasteiger partial charge < -0.3 is 10.6 Å². The highest BCUT2D eigenvalue weighted by Crippen LogP contribution is 2.36. The number of hydrogen-bond acceptors (Lipinski definition) is 2. The van der Waals surface area contributed by atoms with Gasteiger partial charge in [-0.3, -0.25) is 4.79 Å². The Kier molecular flexibility index (Phi) is 4.70. The predicted octanol–water partition coefficient (Wildman–Crippen LogP) is 3.17. The summed E-state index contributed by atoms with van der Waals surface area (Å²) in [6.07, 6.45) is 0.139. The summed E-state index contributed by atoms with van der Waals surface area (Å²) in [5.41, 5.74) is 1.79. The number of alkyl halides is 2. The number of benzene rings is 1. The Morgan fingerprint density at radius 3 is 2.70 bits per heavy atom. The fourth-order valence-corrected chi connectivity index (χ4v) is 2.51. The van der Waals surface area contributed by atoms with Crippen LogP contribution in [-0.2, 0) is 11.3 Å². The lowest BCUT2D eigenvalue weighted by molar-refractivity contribution is -0.124. The second-order valence-corrected chi connectivity index (χ2v) is 5.35. The van der Waals surface area contributed by atoms with Gasteiger partial charge >= 0.3 is 0 Å². The molecule has 0 unspecified atom stereocenters. The second kappa shape index (κ2) is 6.31. The number of amides is 1. The Bertz CT molecular complexity index is 467. The number of nitrogens with one attached hydrogen (secondary N) is 2. The highest BCUT2D eigenvalue weighted by molar-refractivity contribution is 5.92. The summed E-state index contributed by atoms with van der Waals surface area (Å²) in [6, 6.07) is 7.55. The molecule has 1 aromatic rings. The maximum Gasteiger partial charge on any atom is 0.248 e. The number of carbonyl (C=O) groups excluding carboxylic acids is 1. The molecule has 0 aliphatic heterocycles. The maximum atomic E-state index is 13.1. The van der Waals surface area contributed by atoms with Gasteiger partial charge in [-0.1, -0.05) is 12.1 Å². The van der Waals surface area contributed by atoms with Crippen molar-refractivity contribution in [1.82, 2.24) is 5.32 Å². The van der Waals surface area contributed by atoms with Crippen molar-refractivity contribution in [3.63, 3.8) is 0 Å². The summed E-state index contributed by atoms with van der Waals surface area (Å²) in [5, 5.41) is 5.87. The van der Waals surface area contributed by atoms with Crippen LogP contribution in [0.15, 0.2) is 24.3 Å². The highest BCUT2D eigenvalue weighted by atomic mass is 19.3. The molecule has 20 heavy (non-hydrogen) atoms. The van der Waals surface area contributed by atoms with E-state index in [1.807, 2.05) is 31.3 Å². The van der Waals surface area contributed by atoms with Crippen molar-refractivity contribution in [2.24, 2.45) is 5.92 Å². The van der Waals surface area contributed by atoms with Crippen molar-refractivity contribution >= 4 is 11.6 Å². The van der Waals surface area contributed by atoms with E-state index in [4.69, 9.17) is 0 Å². The number of carbonyl (C=O) groups is 1. The zero-order valence-corrected chi connectivity index (χ0v) is 11.6. The lowest BCUT2D eigenvalue weighted by atomic mass is 9.86. The van der Waals surface area contributed by atoms with Gasteiger partial charge in [0.05, 0.1) is 0 Å². The third kappa shape index (κ3) is 4.00. The van der Waals surface area contributed by atoms with Gasteiger partial charge in [0.25, 0.3) is 0 Å². The van der Waals surface area contributed by atoms with E-state index in [0.29, 0.717) is 0 Å². The third-order valence-corrected chi connectivity index (χ3v) is 3.66. The van der Waals surface area contributed by atoms with Crippen LogP contribution in [0.5, 0.6) is 0 Å². The Morgan fingerprint density at radius 2 is 2.05 bits per heavy atom. The van der Waals surface area contributed by atoms with Crippen molar-refractivity contribution in [2.75, 3.05) is 12.4 Å². The molecule has 0 spiro atoms. The molecule has 0 bridgehead atoms. The van der Waals surface area contributed by atoms with E-state index in [2.05, 4.69) is 10.6 Å². The second-order valence-electron chi connectivity index (χ2n) is 5.35. The van der Waals surface area contributed by atoms with E-state index < -0.39 is 5.92 Å². The van der Waals surface area contributed by atoms with E-state index in [1.165, 1.54) is 0 Å². The molecule has 1 aliphatic carbocycles. The Hall–Kier alpha value is -1.49. The standard InChI is InChI=1S/C15H20F2N2O/c1-18-10-11-3-2-4-13(9-11)19-14(20)12-5-7-15(16,17)8-6-12/h2-4,9,12,18H,5-8,10H2,1H3,(H,19,20). The molecule has 1 amide bonds. The van der Waals surface area contributed by atoms with Gasteiger partial charge in [-0.05, 0) is 37.6 Å². The van der Waals surface area contributed by atoms with Gasteiger partial charge in [0, 0.05) is 31.0 Å². The molecule has 5 heteroatoms. The quantitative estimate of drug-likeness (QED) is 0.890. The Balaban J connectivity index is 1.93. The molecule has 0 atom stereocenters. The fourth-order valence-electron chi connectivity index (χ4n) is 2.51. The number of halogens is 2. The molecule has 2 N–H and O–H groups in total. The van der Waals surface area contributed by atoms with Crippen LogP contribution in [0, 0.1) is 5.92 Å². The molecule has 0 heterocycles. The minimum Gasteiger partial charge on any atom is -0.326 e. The minimum atomic E-state index is -2.59. The summed E-state index contributed by atoms with van der Waals surface area (Å²) in [6.45, 7) is 0.722. The summed E-state index contributed by atoms with van der Waals surface area (Å²) in [5.74, 6) is -3.05. The molecule has 1 aliphatic rings. The maximum absolute atomic E-state index is 13.1. The lowest BCUT2D eigenvalue weighted by Crippen LogP contribution is -2.31. The van der Waals surface area contributed by atoms with E-state index in [-0.39, 0.29) is 37.5 Å². The normalized spacial score (nSPS) is 18.8. The van der Waals surface area contributed by atoms with Gasteiger partial charge in [0.15, 0.2) is 0 Å². The van der Waals surface area contributed by atoms with Gasteiger partial charge in [-0.15, -0.1) is 0 Å². The lowest BCUT2D eigenvalue weighted by Gasteiger charge is -2.27. The van der Waals surface area contributed by atoms with Crippen LogP contribution in [0.25, 0.3) is 0 Å². The van der Waals surface area contributed by atoms with Crippen LogP contribution in [0.1, 0.15) is 31.2 Å². The SMILES string of the molecule is CNCc1cccc(NC(=O)C2CCC(F)(F)CC2)c1. The first kappa shape index (κ1) is 14.9. The monoisotopic (exact) mass is 282 g/mol. The first-order valence-corrected chi connectivity index (χ1v) is 6.92. The first-order chi connectivity index (χ1) is 9.50. The molecule has 2 rings (SSSR count). The van der Waals surface area contributed by atoms with Crippen molar-refractivity contribution < 1.29 is 13.6 Å². The van der Waals surface area contributed by atoms with Crippen molar-refractivity contribution in [3.8, 4) is 0 Å². The first-order valence-electron chi connectivity index (χ1n) is 6.92. The van der Waals surface area contributed by atoms with Crippen molar-refractivity contribution in [1.29, 1.82) is 0 Å². The topological polar surface area (TPSA) is 41.1 Å². The van der Waals surface area contributed by atoms with E-state index in [9.17, 15) is 13.6 Å². The molecular formula is C15H20F2N2O. The molecule has 1 saturated carbocycles. The van der Waals surface area contributed by atoms with E-state index in [0.717, 1.165) is 17.8 Å². The number of rotatable bonds is 4. The average Bonchev–Trinajstić information content (AvgIpc) is 2.39. The Labute approximate surface area is 117 Å². The van der Waals surface area contributed by atoms with Crippen LogP contribution < -0.4 is 10.6 Å². The highest BCUT2D eigenvalue weighted by Gasteiger charge is 2.37. The molecule has 3 nitrogen and oxygen atoms in total. The molecule has 0 radical (unpaired) electrons. The average molecular weight is 282 g/mol. The van der Waals surface area contributed by atoms with E-state index >= 15 is 0 Å². The van der Waals surface area contributed by atoms with Crippen molar-refractivity contribution in [2.45, 2.75) is 38.2 Å². The summed E-state index contributed by atoms with van der Waals surface area (Å²) >= 11 is 0. The smallest absolute Gasteiger partial charge is 0.248 e. The van der Waals surface area contributed by atoms with Crippen LogP contribution in [0.3, 0.4) is 0 Å². The van der Waals surface area contributed by atoms with Gasteiger partial charge in [0.1, 0.15) is 0 Å². The summed E-state index contributed by atoms with van der Waals surface area (Å²) in [4.78, 5) is 12.1. The van der Waals surface area contributed by atoms with Crippen molar-refractivity contribution in [3.05, 3.63) is 29.8 Å². The minimum absolute atomic E-state index is 0.151. The van der Waals surface area contributed by atoms with Gasteiger partial charge in [-0.25, -0.2) is 8.78 Å². The van der Waals surface area contributed by atoms with Gasteiger partial charge in [-0.2, -0.15) is 0 Å². The number of anilines is 1. The van der Waals surface area contributed by atoms with Crippen LogP contribution >= 0.6 is 0 Å². The molecule has 110 valence electrons. The zero-order valence-electron chi connectivity index (χ0n) is 11.6. The largest absolute Gasteiger partial charge is 0.326 e. The molecule has 0 aromatic heterocycles. The van der Waals surface area contributed by atoms with Gasteiger partial charge in [0.2, 0.25) is 11.8 Å². The number of hydrogen-bond donors (Lipinski definition) is 2. The molecule has 1 fully saturated rings. The zero-order chi connectivity index (χ0) is 14.6. The summed E-state index contributed by atoms with van der Waals surface area (Å²) in [7, 11) is 1.85. The van der Waals surface area contributed by atoms with Crippen LogP contribution in [0.4, 0.5) is 14.5 Å². The fraction of sp³-hybridized carbons (Fsp3) is 0.533. The Morgan fingerprint density at radius 1 is 1.35 bits per heavy atom.